The van der Waals surface area contributed by atoms with Crippen LogP contribution in [0, 0.1) is 6.92 Å². The van der Waals surface area contributed by atoms with Gasteiger partial charge in [-0.3, -0.25) is 14.5 Å². The zero-order valence-corrected chi connectivity index (χ0v) is 17.3. The Balaban J connectivity index is 1.49. The molecule has 0 atom stereocenters. The molecule has 2 aromatic rings. The number of thiocarbonyl (C=S) groups is 1. The lowest BCUT2D eigenvalue weighted by atomic mass is 10.1. The van der Waals surface area contributed by atoms with Crippen LogP contribution in [0.25, 0.3) is 6.08 Å². The van der Waals surface area contributed by atoms with E-state index in [1.165, 1.54) is 11.8 Å². The van der Waals surface area contributed by atoms with Gasteiger partial charge in [0.25, 0.3) is 5.91 Å². The number of aryl methyl sites for hydroxylation is 1. The highest BCUT2D eigenvalue weighted by atomic mass is 32.2. The number of rotatable bonds is 7. The third-order valence-corrected chi connectivity index (χ3v) is 5.84. The van der Waals surface area contributed by atoms with Crippen molar-refractivity contribution in [2.24, 2.45) is 0 Å². The number of nitrogens with zero attached hydrogens (tertiary/aromatic N) is 1. The van der Waals surface area contributed by atoms with Crippen molar-refractivity contribution in [1.29, 1.82) is 0 Å². The number of benzene rings is 2. The van der Waals surface area contributed by atoms with E-state index in [1.807, 2.05) is 67.6 Å². The lowest BCUT2D eigenvalue weighted by Gasteiger charge is -2.14. The molecular formula is C22H22N2O2S2. The number of nitrogens with one attached hydrogen (secondary N) is 1. The molecule has 3 rings (SSSR count). The van der Waals surface area contributed by atoms with Gasteiger partial charge in [0.1, 0.15) is 4.32 Å². The summed E-state index contributed by atoms with van der Waals surface area (Å²) in [6, 6.07) is 17.7. The Morgan fingerprint density at radius 1 is 1.14 bits per heavy atom. The Bertz CT molecular complexity index is 910. The molecule has 1 aliphatic rings. The van der Waals surface area contributed by atoms with Crippen LogP contribution in [0.4, 0.5) is 0 Å². The van der Waals surface area contributed by atoms with Crippen LogP contribution in [-0.2, 0) is 16.1 Å². The van der Waals surface area contributed by atoms with Crippen molar-refractivity contribution in [3.63, 3.8) is 0 Å². The Morgan fingerprint density at radius 3 is 2.61 bits per heavy atom. The highest BCUT2D eigenvalue weighted by Crippen LogP contribution is 2.33. The first-order valence-corrected chi connectivity index (χ1v) is 10.4. The van der Waals surface area contributed by atoms with Crippen LogP contribution in [0.2, 0.25) is 0 Å². The van der Waals surface area contributed by atoms with Crippen LogP contribution in [-0.4, -0.2) is 27.6 Å². The average molecular weight is 411 g/mol. The van der Waals surface area contributed by atoms with Gasteiger partial charge in [-0.1, -0.05) is 78.6 Å². The first-order valence-electron chi connectivity index (χ1n) is 9.16. The second-order valence-corrected chi connectivity index (χ2v) is 8.23. The van der Waals surface area contributed by atoms with Crippen LogP contribution >= 0.6 is 24.0 Å². The van der Waals surface area contributed by atoms with Crippen molar-refractivity contribution in [2.45, 2.75) is 26.3 Å². The summed E-state index contributed by atoms with van der Waals surface area (Å²) in [5.74, 6) is -0.104. The van der Waals surface area contributed by atoms with Gasteiger partial charge in [-0.2, -0.15) is 0 Å². The number of amides is 2. The van der Waals surface area contributed by atoms with E-state index in [0.717, 1.165) is 16.7 Å². The van der Waals surface area contributed by atoms with Crippen molar-refractivity contribution in [1.82, 2.24) is 10.2 Å². The maximum Gasteiger partial charge on any atom is 0.266 e. The zero-order valence-electron chi connectivity index (χ0n) is 15.7. The van der Waals surface area contributed by atoms with Crippen LogP contribution in [0.1, 0.15) is 29.5 Å². The van der Waals surface area contributed by atoms with Crippen molar-refractivity contribution in [3.8, 4) is 0 Å². The predicted molar refractivity (Wildman–Crippen MR) is 119 cm³/mol. The summed E-state index contributed by atoms with van der Waals surface area (Å²) in [4.78, 5) is 26.9. The minimum atomic E-state index is -0.0806. The van der Waals surface area contributed by atoms with E-state index in [4.69, 9.17) is 12.2 Å². The largest absolute Gasteiger partial charge is 0.352 e. The van der Waals surface area contributed by atoms with E-state index in [1.54, 1.807) is 4.90 Å². The van der Waals surface area contributed by atoms with Crippen molar-refractivity contribution in [3.05, 3.63) is 76.2 Å². The summed E-state index contributed by atoms with van der Waals surface area (Å²) in [5, 5.41) is 2.90. The third kappa shape index (κ3) is 5.30. The predicted octanol–water partition coefficient (Wildman–Crippen LogP) is 4.29. The molecule has 0 unspecified atom stereocenters. The summed E-state index contributed by atoms with van der Waals surface area (Å²) < 4.78 is 0.550. The molecule has 0 bridgehead atoms. The third-order valence-electron chi connectivity index (χ3n) is 4.47. The summed E-state index contributed by atoms with van der Waals surface area (Å²) >= 11 is 6.68. The molecule has 1 aliphatic heterocycles. The number of hydrogen-bond donors (Lipinski definition) is 1. The number of hydrogen-bond acceptors (Lipinski definition) is 4. The van der Waals surface area contributed by atoms with Crippen LogP contribution in [0.15, 0.2) is 59.5 Å². The number of carbonyl (C=O) groups excluding carboxylic acids is 2. The molecule has 1 saturated heterocycles. The molecule has 4 nitrogen and oxygen atoms in total. The Morgan fingerprint density at radius 2 is 1.86 bits per heavy atom. The maximum atomic E-state index is 12.7. The van der Waals surface area contributed by atoms with Gasteiger partial charge in [-0.15, -0.1) is 0 Å². The molecule has 144 valence electrons. The molecule has 2 amide bonds. The molecule has 0 aromatic heterocycles. The minimum Gasteiger partial charge on any atom is -0.352 e. The summed E-state index contributed by atoms with van der Waals surface area (Å²) in [7, 11) is 0. The molecule has 1 N–H and O–H groups in total. The smallest absolute Gasteiger partial charge is 0.266 e. The topological polar surface area (TPSA) is 49.4 Å². The van der Waals surface area contributed by atoms with E-state index < -0.39 is 0 Å². The molecule has 0 radical (unpaired) electrons. The quantitative estimate of drug-likeness (QED) is 0.546. The molecular weight excluding hydrogens is 388 g/mol. The van der Waals surface area contributed by atoms with Gasteiger partial charge in [0.05, 0.1) is 4.91 Å². The summed E-state index contributed by atoms with van der Waals surface area (Å²) in [6.07, 6.45) is 2.83. The van der Waals surface area contributed by atoms with Gasteiger partial charge in [0.15, 0.2) is 0 Å². The van der Waals surface area contributed by atoms with Gasteiger partial charge >= 0.3 is 0 Å². The molecule has 28 heavy (non-hydrogen) atoms. The average Bonchev–Trinajstić information content (AvgIpc) is 2.96. The van der Waals surface area contributed by atoms with Gasteiger partial charge in [0, 0.05) is 19.5 Å². The van der Waals surface area contributed by atoms with E-state index in [0.29, 0.717) is 35.2 Å². The van der Waals surface area contributed by atoms with E-state index in [-0.39, 0.29) is 11.8 Å². The number of carbonyl (C=O) groups is 2. The standard InChI is InChI=1S/C22H22N2O2S2/c1-16-8-5-6-11-18(16)14-19-21(26)24(22(27)28-19)13-7-12-20(25)23-15-17-9-3-2-4-10-17/h2-6,8-11,14H,7,12-13,15H2,1H3,(H,23,25)/b19-14-. The van der Waals surface area contributed by atoms with Crippen molar-refractivity contribution >= 4 is 46.2 Å². The highest BCUT2D eigenvalue weighted by molar-refractivity contribution is 8.26. The van der Waals surface area contributed by atoms with Gasteiger partial charge < -0.3 is 5.32 Å². The Labute approximate surface area is 175 Å². The molecule has 0 spiro atoms. The second-order valence-electron chi connectivity index (χ2n) is 6.56. The SMILES string of the molecule is Cc1ccccc1/C=C1\SC(=S)N(CCCC(=O)NCc2ccccc2)C1=O. The first kappa shape index (κ1) is 20.3. The van der Waals surface area contributed by atoms with Crippen LogP contribution in [0.5, 0.6) is 0 Å². The summed E-state index contributed by atoms with van der Waals surface area (Å²) in [6.45, 7) is 2.98. The second kappa shape index (κ2) is 9.66. The normalized spacial score (nSPS) is 15.3. The van der Waals surface area contributed by atoms with Crippen LogP contribution < -0.4 is 5.32 Å². The first-order chi connectivity index (χ1) is 13.5. The summed E-state index contributed by atoms with van der Waals surface area (Å²) in [5.41, 5.74) is 3.19. The molecule has 0 aliphatic carbocycles. The van der Waals surface area contributed by atoms with Crippen LogP contribution in [0.3, 0.4) is 0 Å². The molecule has 1 heterocycles. The van der Waals surface area contributed by atoms with E-state index in [9.17, 15) is 9.59 Å². The van der Waals surface area contributed by atoms with Gasteiger partial charge in [0.2, 0.25) is 5.91 Å². The molecule has 6 heteroatoms. The van der Waals surface area contributed by atoms with Gasteiger partial charge in [-0.05, 0) is 36.1 Å². The highest BCUT2D eigenvalue weighted by Gasteiger charge is 2.31. The molecule has 2 aromatic carbocycles. The van der Waals surface area contributed by atoms with Crippen molar-refractivity contribution in [2.75, 3.05) is 6.54 Å². The maximum absolute atomic E-state index is 12.7. The minimum absolute atomic E-state index is 0.0234. The fraction of sp³-hybridized carbons (Fsp3) is 0.227. The van der Waals surface area contributed by atoms with E-state index >= 15 is 0 Å². The fourth-order valence-corrected chi connectivity index (χ4v) is 4.16. The lowest BCUT2D eigenvalue weighted by Crippen LogP contribution is -2.30. The van der Waals surface area contributed by atoms with Gasteiger partial charge in [-0.25, -0.2) is 0 Å². The monoisotopic (exact) mass is 410 g/mol. The molecule has 1 fully saturated rings. The fourth-order valence-electron chi connectivity index (χ4n) is 2.87. The Kier molecular flexibility index (Phi) is 7.01. The molecule has 0 saturated carbocycles. The van der Waals surface area contributed by atoms with E-state index in [2.05, 4.69) is 5.32 Å². The lowest BCUT2D eigenvalue weighted by molar-refractivity contribution is -0.124. The number of thioether (sulfide) groups is 1. The Hall–Kier alpha value is -2.44. The van der Waals surface area contributed by atoms with Crippen molar-refractivity contribution < 1.29 is 9.59 Å². The zero-order chi connectivity index (χ0) is 19.9.